The van der Waals surface area contributed by atoms with Crippen molar-refractivity contribution in [1.82, 2.24) is 8.61 Å². The third-order valence-electron chi connectivity index (χ3n) is 3.64. The number of hydrogen-bond donors (Lipinski definition) is 1. The van der Waals surface area contributed by atoms with Crippen LogP contribution in [-0.4, -0.2) is 49.2 Å². The monoisotopic (exact) mass is 291 g/mol. The second-order valence-electron chi connectivity index (χ2n) is 5.24. The van der Waals surface area contributed by atoms with Crippen LogP contribution in [0.1, 0.15) is 52.4 Å². The molecule has 0 spiro atoms. The van der Waals surface area contributed by atoms with Crippen LogP contribution < -0.4 is 5.73 Å². The van der Waals surface area contributed by atoms with Gasteiger partial charge in [-0.1, -0.05) is 20.3 Å². The molecule has 19 heavy (non-hydrogen) atoms. The van der Waals surface area contributed by atoms with Gasteiger partial charge < -0.3 is 5.73 Å². The highest BCUT2D eigenvalue weighted by Crippen LogP contribution is 2.24. The molecule has 1 fully saturated rings. The highest BCUT2D eigenvalue weighted by molar-refractivity contribution is 7.86. The van der Waals surface area contributed by atoms with Crippen LogP contribution in [0, 0.1) is 0 Å². The van der Waals surface area contributed by atoms with Crippen molar-refractivity contribution in [2.24, 2.45) is 5.73 Å². The predicted molar refractivity (Wildman–Crippen MR) is 79.1 cm³/mol. The summed E-state index contributed by atoms with van der Waals surface area (Å²) < 4.78 is 28.9. The van der Waals surface area contributed by atoms with E-state index >= 15 is 0 Å². The fourth-order valence-corrected chi connectivity index (χ4v) is 4.82. The van der Waals surface area contributed by atoms with Crippen molar-refractivity contribution >= 4 is 10.2 Å². The lowest BCUT2D eigenvalue weighted by atomic mass is 10.0. The Morgan fingerprint density at radius 3 is 2.37 bits per heavy atom. The van der Waals surface area contributed by atoms with Gasteiger partial charge in [-0.25, -0.2) is 0 Å². The van der Waals surface area contributed by atoms with Crippen LogP contribution >= 0.6 is 0 Å². The average Bonchev–Trinajstić information content (AvgIpc) is 2.39. The van der Waals surface area contributed by atoms with Crippen molar-refractivity contribution in [3.8, 4) is 0 Å². The normalized spacial score (nSPS) is 22.0. The van der Waals surface area contributed by atoms with Gasteiger partial charge in [0.1, 0.15) is 0 Å². The third kappa shape index (κ3) is 4.41. The topological polar surface area (TPSA) is 66.6 Å². The minimum absolute atomic E-state index is 0.0972. The first-order valence-corrected chi connectivity index (χ1v) is 8.94. The summed E-state index contributed by atoms with van der Waals surface area (Å²) in [5, 5.41) is 0. The smallest absolute Gasteiger partial charge is 0.282 e. The molecule has 2 N–H and O–H groups in total. The number of nitrogens with two attached hydrogens (primary N) is 1. The quantitative estimate of drug-likeness (QED) is 0.738. The molecule has 114 valence electrons. The largest absolute Gasteiger partial charge is 0.330 e. The summed E-state index contributed by atoms with van der Waals surface area (Å²) in [5.74, 6) is 0. The van der Waals surface area contributed by atoms with Crippen LogP contribution in [0.25, 0.3) is 0 Å². The molecule has 0 saturated carbocycles. The Balaban J connectivity index is 2.86. The molecule has 1 atom stereocenters. The van der Waals surface area contributed by atoms with E-state index in [0.29, 0.717) is 26.2 Å². The Morgan fingerprint density at radius 2 is 1.84 bits per heavy atom. The Hall–Kier alpha value is -0.170. The Morgan fingerprint density at radius 1 is 1.21 bits per heavy atom. The molecule has 0 amide bonds. The molecule has 0 radical (unpaired) electrons. The van der Waals surface area contributed by atoms with Gasteiger partial charge >= 0.3 is 0 Å². The number of piperidine rings is 1. The second kappa shape index (κ2) is 8.19. The summed E-state index contributed by atoms with van der Waals surface area (Å²) >= 11 is 0. The van der Waals surface area contributed by atoms with E-state index < -0.39 is 10.2 Å². The van der Waals surface area contributed by atoms with E-state index in [2.05, 4.69) is 0 Å². The van der Waals surface area contributed by atoms with Gasteiger partial charge in [-0.2, -0.15) is 17.0 Å². The van der Waals surface area contributed by atoms with E-state index in [1.54, 1.807) is 8.61 Å². The van der Waals surface area contributed by atoms with E-state index in [4.69, 9.17) is 5.73 Å². The van der Waals surface area contributed by atoms with E-state index in [1.165, 1.54) is 0 Å². The van der Waals surface area contributed by atoms with Gasteiger partial charge in [-0.15, -0.1) is 0 Å². The highest BCUT2D eigenvalue weighted by atomic mass is 32.2. The minimum atomic E-state index is -3.31. The first-order chi connectivity index (χ1) is 9.07. The van der Waals surface area contributed by atoms with Gasteiger partial charge in [-0.05, 0) is 38.6 Å². The minimum Gasteiger partial charge on any atom is -0.330 e. The first kappa shape index (κ1) is 16.9. The SMILES string of the molecule is CCCN(CCC)S(=O)(=O)N1CCCCC1CCN. The average molecular weight is 291 g/mol. The molecule has 0 bridgehead atoms. The fourth-order valence-electron chi connectivity index (χ4n) is 2.75. The molecule has 1 unspecified atom stereocenters. The summed E-state index contributed by atoms with van der Waals surface area (Å²) in [4.78, 5) is 0. The summed E-state index contributed by atoms with van der Waals surface area (Å²) in [7, 11) is -3.31. The molecular weight excluding hydrogens is 262 g/mol. The number of nitrogens with zero attached hydrogens (tertiary/aromatic N) is 2. The molecule has 6 heteroatoms. The van der Waals surface area contributed by atoms with Crippen LogP contribution in [0.2, 0.25) is 0 Å². The highest BCUT2D eigenvalue weighted by Gasteiger charge is 2.35. The fraction of sp³-hybridized carbons (Fsp3) is 1.00. The Labute approximate surface area is 118 Å². The molecule has 0 aromatic carbocycles. The van der Waals surface area contributed by atoms with Gasteiger partial charge in [0.2, 0.25) is 0 Å². The number of hydrogen-bond acceptors (Lipinski definition) is 3. The molecule has 1 aliphatic rings. The summed E-state index contributed by atoms with van der Waals surface area (Å²) in [6.45, 7) is 6.47. The van der Waals surface area contributed by atoms with Crippen LogP contribution in [0.4, 0.5) is 0 Å². The Kier molecular flexibility index (Phi) is 7.28. The van der Waals surface area contributed by atoms with Crippen LogP contribution in [0.5, 0.6) is 0 Å². The zero-order valence-corrected chi connectivity index (χ0v) is 13.2. The summed E-state index contributed by atoms with van der Waals surface area (Å²) in [6, 6.07) is 0.0972. The molecule has 1 aliphatic heterocycles. The molecule has 1 rings (SSSR count). The maximum Gasteiger partial charge on any atom is 0.282 e. The Bertz CT molecular complexity index is 338. The maximum atomic E-state index is 12.8. The van der Waals surface area contributed by atoms with E-state index in [1.807, 2.05) is 13.8 Å². The third-order valence-corrected chi connectivity index (χ3v) is 5.73. The second-order valence-corrected chi connectivity index (χ2v) is 7.13. The first-order valence-electron chi connectivity index (χ1n) is 7.54. The zero-order chi connectivity index (χ0) is 14.3. The van der Waals surface area contributed by atoms with Crippen LogP contribution in [0.15, 0.2) is 0 Å². The van der Waals surface area contributed by atoms with Crippen molar-refractivity contribution in [1.29, 1.82) is 0 Å². The predicted octanol–water partition coefficient (Wildman–Crippen LogP) is 1.56. The zero-order valence-electron chi connectivity index (χ0n) is 12.3. The summed E-state index contributed by atoms with van der Waals surface area (Å²) in [6.07, 6.45) is 5.50. The van der Waals surface area contributed by atoms with Gasteiger partial charge in [0.15, 0.2) is 0 Å². The molecule has 0 aliphatic carbocycles. The van der Waals surface area contributed by atoms with Gasteiger partial charge in [-0.3, -0.25) is 0 Å². The lowest BCUT2D eigenvalue weighted by molar-refractivity contribution is 0.223. The van der Waals surface area contributed by atoms with Crippen molar-refractivity contribution in [2.75, 3.05) is 26.2 Å². The molecule has 0 aromatic rings. The maximum absolute atomic E-state index is 12.8. The van der Waals surface area contributed by atoms with Crippen LogP contribution in [0.3, 0.4) is 0 Å². The van der Waals surface area contributed by atoms with Crippen molar-refractivity contribution < 1.29 is 8.42 Å². The van der Waals surface area contributed by atoms with E-state index in [0.717, 1.165) is 38.5 Å². The van der Waals surface area contributed by atoms with Crippen molar-refractivity contribution in [3.63, 3.8) is 0 Å². The van der Waals surface area contributed by atoms with Crippen molar-refractivity contribution in [2.45, 2.75) is 58.4 Å². The standard InChI is InChI=1S/C13H29N3O2S/c1-3-10-15(11-4-2)19(17,18)16-12-6-5-7-13(16)8-9-14/h13H,3-12,14H2,1-2H3. The van der Waals surface area contributed by atoms with Crippen molar-refractivity contribution in [3.05, 3.63) is 0 Å². The lowest BCUT2D eigenvalue weighted by Crippen LogP contribution is -2.51. The molecule has 1 heterocycles. The number of rotatable bonds is 8. The summed E-state index contributed by atoms with van der Waals surface area (Å²) in [5.41, 5.74) is 5.62. The van der Waals surface area contributed by atoms with E-state index in [-0.39, 0.29) is 6.04 Å². The van der Waals surface area contributed by atoms with Crippen LogP contribution in [-0.2, 0) is 10.2 Å². The lowest BCUT2D eigenvalue weighted by Gasteiger charge is -2.38. The molecule has 5 nitrogen and oxygen atoms in total. The van der Waals surface area contributed by atoms with Gasteiger partial charge in [0, 0.05) is 25.7 Å². The molecular formula is C13H29N3O2S. The van der Waals surface area contributed by atoms with Gasteiger partial charge in [0.05, 0.1) is 0 Å². The molecule has 1 saturated heterocycles. The molecule has 0 aromatic heterocycles. The van der Waals surface area contributed by atoms with Gasteiger partial charge in [0.25, 0.3) is 10.2 Å². The van der Waals surface area contributed by atoms with E-state index in [9.17, 15) is 8.42 Å².